The Hall–Kier alpha value is -1.68. The van der Waals surface area contributed by atoms with E-state index < -0.39 is 0 Å². The van der Waals surface area contributed by atoms with Gasteiger partial charge in [0.05, 0.1) is 18.4 Å². The van der Waals surface area contributed by atoms with Crippen molar-refractivity contribution in [3.05, 3.63) is 46.4 Å². The molecule has 2 rings (SSSR count). The van der Waals surface area contributed by atoms with Crippen molar-refractivity contribution in [1.82, 2.24) is 4.98 Å². The summed E-state index contributed by atoms with van der Waals surface area (Å²) in [7, 11) is 0. The van der Waals surface area contributed by atoms with Gasteiger partial charge >= 0.3 is 0 Å². The molecule has 0 aliphatic carbocycles. The number of thiophene rings is 1. The second-order valence-electron chi connectivity index (χ2n) is 4.98. The van der Waals surface area contributed by atoms with Crippen LogP contribution in [0.25, 0.3) is 0 Å². The van der Waals surface area contributed by atoms with Crippen LogP contribution in [0.1, 0.15) is 42.6 Å². The highest BCUT2D eigenvalue weighted by Crippen LogP contribution is 2.21. The third kappa shape index (κ3) is 3.45. The van der Waals surface area contributed by atoms with E-state index >= 15 is 0 Å². The van der Waals surface area contributed by atoms with E-state index in [4.69, 9.17) is 0 Å². The summed E-state index contributed by atoms with van der Waals surface area (Å²) in [5.41, 5.74) is 1.61. The fourth-order valence-electron chi connectivity index (χ4n) is 2.04. The van der Waals surface area contributed by atoms with E-state index in [9.17, 15) is 4.79 Å². The number of rotatable bonds is 6. The lowest BCUT2D eigenvalue weighted by Gasteiger charge is -2.28. The van der Waals surface area contributed by atoms with Gasteiger partial charge < -0.3 is 4.90 Å². The third-order valence-electron chi connectivity index (χ3n) is 3.22. The van der Waals surface area contributed by atoms with Crippen molar-refractivity contribution in [3.8, 4) is 0 Å². The quantitative estimate of drug-likeness (QED) is 0.749. The lowest BCUT2D eigenvalue weighted by molar-refractivity contribution is 0.0983. The monoisotopic (exact) mass is 288 g/mol. The zero-order chi connectivity index (χ0) is 14.5. The molecule has 0 saturated heterocycles. The maximum absolute atomic E-state index is 11.6. The molecule has 0 bridgehead atoms. The second-order valence-corrected chi connectivity index (χ2v) is 6.01. The topological polar surface area (TPSA) is 33.2 Å². The first kappa shape index (κ1) is 14.7. The summed E-state index contributed by atoms with van der Waals surface area (Å²) in [6.45, 7) is 7.06. The highest BCUT2D eigenvalue weighted by atomic mass is 32.1. The van der Waals surface area contributed by atoms with Crippen molar-refractivity contribution in [1.29, 1.82) is 0 Å². The van der Waals surface area contributed by atoms with Crippen LogP contribution in [0.4, 0.5) is 5.69 Å². The molecule has 0 amide bonds. The zero-order valence-corrected chi connectivity index (χ0v) is 13.0. The van der Waals surface area contributed by atoms with Gasteiger partial charge in [0.2, 0.25) is 0 Å². The molecule has 0 unspecified atom stereocenters. The van der Waals surface area contributed by atoms with Crippen LogP contribution >= 0.6 is 11.3 Å². The largest absolute Gasteiger partial charge is 0.363 e. The summed E-state index contributed by atoms with van der Waals surface area (Å²) in [5.74, 6) is 0.0888. The van der Waals surface area contributed by atoms with E-state index in [0.29, 0.717) is 18.2 Å². The van der Waals surface area contributed by atoms with Crippen molar-refractivity contribution in [2.45, 2.75) is 39.8 Å². The van der Waals surface area contributed by atoms with Gasteiger partial charge in [-0.3, -0.25) is 9.78 Å². The summed E-state index contributed by atoms with van der Waals surface area (Å²) in [4.78, 5) is 19.5. The average molecular weight is 288 g/mol. The fraction of sp³-hybridized carbons (Fsp3) is 0.375. The van der Waals surface area contributed by atoms with Gasteiger partial charge in [0, 0.05) is 17.3 Å². The van der Waals surface area contributed by atoms with E-state index in [1.165, 1.54) is 4.88 Å². The van der Waals surface area contributed by atoms with Gasteiger partial charge in [-0.05, 0) is 37.4 Å². The van der Waals surface area contributed by atoms with Gasteiger partial charge in [0.1, 0.15) is 5.69 Å². The summed E-state index contributed by atoms with van der Waals surface area (Å²) in [6, 6.07) is 8.41. The Morgan fingerprint density at radius 3 is 2.65 bits per heavy atom. The molecule has 0 fully saturated rings. The van der Waals surface area contributed by atoms with Crippen molar-refractivity contribution in [3.63, 3.8) is 0 Å². The average Bonchev–Trinajstić information content (AvgIpc) is 2.97. The zero-order valence-electron chi connectivity index (χ0n) is 12.2. The maximum atomic E-state index is 11.6. The first-order valence-corrected chi connectivity index (χ1v) is 7.78. The predicted octanol–water partition coefficient (Wildman–Crippen LogP) is 4.15. The molecule has 20 heavy (non-hydrogen) atoms. The molecule has 2 aromatic heterocycles. The fourth-order valence-corrected chi connectivity index (χ4v) is 2.75. The Balaban J connectivity index is 2.19. The molecule has 0 aliphatic heterocycles. The summed E-state index contributed by atoms with van der Waals surface area (Å²) >= 11 is 1.76. The SMILES string of the molecule is CCC(=O)c1ccc(N(Cc2cccs2)C(C)C)cn1. The molecule has 2 aromatic rings. The van der Waals surface area contributed by atoms with Gasteiger partial charge in [-0.25, -0.2) is 0 Å². The first-order valence-electron chi connectivity index (χ1n) is 6.90. The second kappa shape index (κ2) is 6.66. The highest BCUT2D eigenvalue weighted by molar-refractivity contribution is 7.09. The van der Waals surface area contributed by atoms with Gasteiger partial charge in [-0.2, -0.15) is 0 Å². The first-order chi connectivity index (χ1) is 9.61. The highest BCUT2D eigenvalue weighted by Gasteiger charge is 2.13. The molecule has 0 atom stereocenters. The Morgan fingerprint density at radius 1 is 1.35 bits per heavy atom. The standard InChI is InChI=1S/C16H20N2OS/c1-4-16(19)15-8-7-13(10-17-15)18(12(2)3)11-14-6-5-9-20-14/h5-10,12H,4,11H2,1-3H3. The molecule has 4 heteroatoms. The molecule has 106 valence electrons. The van der Waals surface area contributed by atoms with Crippen molar-refractivity contribution in [2.24, 2.45) is 0 Å². The minimum absolute atomic E-state index is 0.0888. The molecule has 0 saturated carbocycles. The Kier molecular flexibility index (Phi) is 4.90. The number of Topliss-reactive ketones (excluding diaryl/α,β-unsaturated/α-hetero) is 1. The minimum Gasteiger partial charge on any atom is -0.363 e. The van der Waals surface area contributed by atoms with Crippen LogP contribution in [0.15, 0.2) is 35.8 Å². The van der Waals surface area contributed by atoms with Crippen LogP contribution in [0.5, 0.6) is 0 Å². The number of hydrogen-bond donors (Lipinski definition) is 0. The number of aromatic nitrogens is 1. The molecule has 0 spiro atoms. The number of hydrogen-bond acceptors (Lipinski definition) is 4. The third-order valence-corrected chi connectivity index (χ3v) is 4.08. The number of anilines is 1. The molecular formula is C16H20N2OS. The van der Waals surface area contributed by atoms with Crippen molar-refractivity contribution in [2.75, 3.05) is 4.90 Å². The van der Waals surface area contributed by atoms with Gasteiger partial charge in [0.25, 0.3) is 0 Å². The smallest absolute Gasteiger partial charge is 0.180 e. The van der Waals surface area contributed by atoms with Crippen molar-refractivity contribution >= 4 is 22.8 Å². The minimum atomic E-state index is 0.0888. The summed E-state index contributed by atoms with van der Waals surface area (Å²) in [5, 5.41) is 2.09. The predicted molar refractivity (Wildman–Crippen MR) is 84.5 cm³/mol. The number of carbonyl (C=O) groups is 1. The van der Waals surface area contributed by atoms with Gasteiger partial charge in [0.15, 0.2) is 5.78 Å². The Morgan fingerprint density at radius 2 is 2.15 bits per heavy atom. The van der Waals surface area contributed by atoms with E-state index in [2.05, 4.69) is 41.2 Å². The molecule has 3 nitrogen and oxygen atoms in total. The maximum Gasteiger partial charge on any atom is 0.180 e. The van der Waals surface area contributed by atoms with E-state index in [1.807, 2.05) is 19.1 Å². The van der Waals surface area contributed by atoms with Gasteiger partial charge in [-0.15, -0.1) is 11.3 Å². The molecule has 0 radical (unpaired) electrons. The van der Waals surface area contributed by atoms with Gasteiger partial charge in [-0.1, -0.05) is 13.0 Å². The van der Waals surface area contributed by atoms with Crippen LogP contribution in [0.3, 0.4) is 0 Å². The van der Waals surface area contributed by atoms with E-state index in [0.717, 1.165) is 12.2 Å². The number of nitrogens with zero attached hydrogens (tertiary/aromatic N) is 2. The number of pyridine rings is 1. The van der Waals surface area contributed by atoms with Crippen molar-refractivity contribution < 1.29 is 4.79 Å². The van der Waals surface area contributed by atoms with Crippen LogP contribution in [-0.2, 0) is 6.54 Å². The molecule has 2 heterocycles. The lowest BCUT2D eigenvalue weighted by atomic mass is 10.2. The van der Waals surface area contributed by atoms with Crippen LogP contribution in [0.2, 0.25) is 0 Å². The lowest BCUT2D eigenvalue weighted by Crippen LogP contribution is -2.29. The summed E-state index contributed by atoms with van der Waals surface area (Å²) < 4.78 is 0. The number of ketones is 1. The number of carbonyl (C=O) groups excluding carboxylic acids is 1. The van der Waals surface area contributed by atoms with Crippen LogP contribution in [0, 0.1) is 0 Å². The van der Waals surface area contributed by atoms with Crippen LogP contribution in [-0.4, -0.2) is 16.8 Å². The Bertz CT molecular complexity index is 546. The molecular weight excluding hydrogens is 268 g/mol. The van der Waals surface area contributed by atoms with E-state index in [-0.39, 0.29) is 5.78 Å². The molecule has 0 N–H and O–H groups in total. The molecule has 0 aliphatic rings. The van der Waals surface area contributed by atoms with Crippen LogP contribution < -0.4 is 4.90 Å². The van der Waals surface area contributed by atoms with E-state index in [1.54, 1.807) is 17.5 Å². The summed E-state index contributed by atoms with van der Waals surface area (Å²) in [6.07, 6.45) is 2.30. The Labute approximate surface area is 124 Å². The molecule has 0 aromatic carbocycles. The normalized spacial score (nSPS) is 10.8.